The summed E-state index contributed by atoms with van der Waals surface area (Å²) in [5.41, 5.74) is 1.38. The molecule has 6 nitrogen and oxygen atoms in total. The normalized spacial score (nSPS) is 15.5. The maximum absolute atomic E-state index is 12.8. The van der Waals surface area contributed by atoms with E-state index in [1.807, 2.05) is 31.2 Å². The Morgan fingerprint density at radius 3 is 2.57 bits per heavy atom. The summed E-state index contributed by atoms with van der Waals surface area (Å²) in [5, 5.41) is 6.07. The standard InChI is InChI=1S/C24H33N3O3/c1-3-4-16-25-23(29)24(14-6-5-7-15-24)27-21(28)12-13-22-26-17-20(30-22)19-10-8-18(2)9-11-19/h8-11,17H,3-7,12-16H2,1-2H3,(H,25,29)(H,27,28). The number of carbonyl (C=O) groups is 2. The van der Waals surface area contributed by atoms with Gasteiger partial charge in [0.2, 0.25) is 11.8 Å². The van der Waals surface area contributed by atoms with Gasteiger partial charge in [-0.2, -0.15) is 0 Å². The van der Waals surface area contributed by atoms with E-state index in [0.717, 1.165) is 37.7 Å². The minimum atomic E-state index is -0.771. The Labute approximate surface area is 178 Å². The zero-order valence-corrected chi connectivity index (χ0v) is 18.1. The summed E-state index contributed by atoms with van der Waals surface area (Å²) >= 11 is 0. The average Bonchev–Trinajstić information content (AvgIpc) is 3.22. The van der Waals surface area contributed by atoms with Gasteiger partial charge in [-0.3, -0.25) is 9.59 Å². The van der Waals surface area contributed by atoms with Crippen LogP contribution in [0.15, 0.2) is 34.9 Å². The van der Waals surface area contributed by atoms with Gasteiger partial charge in [0.05, 0.1) is 6.20 Å². The van der Waals surface area contributed by atoms with Crippen LogP contribution in [0.5, 0.6) is 0 Å². The first kappa shape index (κ1) is 22.1. The van der Waals surface area contributed by atoms with Gasteiger partial charge in [-0.05, 0) is 26.2 Å². The Bertz CT molecular complexity index is 836. The number of nitrogens with zero attached hydrogens (tertiary/aromatic N) is 1. The van der Waals surface area contributed by atoms with Crippen molar-refractivity contribution in [1.29, 1.82) is 0 Å². The third-order valence-electron chi connectivity index (χ3n) is 5.79. The highest BCUT2D eigenvalue weighted by molar-refractivity contribution is 5.91. The number of carbonyl (C=O) groups excluding carboxylic acids is 2. The topological polar surface area (TPSA) is 84.2 Å². The monoisotopic (exact) mass is 411 g/mol. The second-order valence-electron chi connectivity index (χ2n) is 8.28. The van der Waals surface area contributed by atoms with Crippen LogP contribution < -0.4 is 10.6 Å². The molecule has 1 fully saturated rings. The lowest BCUT2D eigenvalue weighted by molar-refractivity contribution is -0.135. The average molecular weight is 412 g/mol. The Morgan fingerprint density at radius 2 is 1.87 bits per heavy atom. The number of hydrogen-bond donors (Lipinski definition) is 2. The molecule has 1 aromatic heterocycles. The fourth-order valence-corrected chi connectivity index (χ4v) is 3.94. The van der Waals surface area contributed by atoms with Crippen LogP contribution in [0, 0.1) is 6.92 Å². The Morgan fingerprint density at radius 1 is 1.13 bits per heavy atom. The van der Waals surface area contributed by atoms with Gasteiger partial charge >= 0.3 is 0 Å². The molecule has 1 aromatic carbocycles. The van der Waals surface area contributed by atoms with Crippen LogP contribution in [0.4, 0.5) is 0 Å². The van der Waals surface area contributed by atoms with Gasteiger partial charge in [-0.1, -0.05) is 62.4 Å². The van der Waals surface area contributed by atoms with Gasteiger partial charge < -0.3 is 15.1 Å². The van der Waals surface area contributed by atoms with E-state index in [4.69, 9.17) is 4.42 Å². The van der Waals surface area contributed by atoms with Gasteiger partial charge in [0.25, 0.3) is 0 Å². The molecule has 0 spiro atoms. The predicted molar refractivity (Wildman–Crippen MR) is 117 cm³/mol. The maximum Gasteiger partial charge on any atom is 0.245 e. The molecule has 1 saturated carbocycles. The van der Waals surface area contributed by atoms with Crippen molar-refractivity contribution in [1.82, 2.24) is 15.6 Å². The van der Waals surface area contributed by atoms with Crippen molar-refractivity contribution in [2.75, 3.05) is 6.54 Å². The molecule has 1 heterocycles. The van der Waals surface area contributed by atoms with Crippen LogP contribution in [-0.2, 0) is 16.0 Å². The lowest BCUT2D eigenvalue weighted by Gasteiger charge is -2.36. The first-order chi connectivity index (χ1) is 14.5. The van der Waals surface area contributed by atoms with E-state index in [1.54, 1.807) is 6.20 Å². The van der Waals surface area contributed by atoms with Gasteiger partial charge in [0.1, 0.15) is 5.54 Å². The van der Waals surface area contributed by atoms with Crippen molar-refractivity contribution < 1.29 is 14.0 Å². The van der Waals surface area contributed by atoms with Crippen molar-refractivity contribution in [3.05, 3.63) is 41.9 Å². The van der Waals surface area contributed by atoms with Crippen LogP contribution >= 0.6 is 0 Å². The Hall–Kier alpha value is -2.63. The summed E-state index contributed by atoms with van der Waals surface area (Å²) in [6.45, 7) is 4.79. The first-order valence-electron chi connectivity index (χ1n) is 11.1. The largest absolute Gasteiger partial charge is 0.441 e. The molecule has 2 amide bonds. The molecule has 0 saturated heterocycles. The second kappa shape index (κ2) is 10.4. The van der Waals surface area contributed by atoms with Crippen LogP contribution in [0.25, 0.3) is 11.3 Å². The summed E-state index contributed by atoms with van der Waals surface area (Å²) in [6.07, 6.45) is 8.76. The quantitative estimate of drug-likeness (QED) is 0.602. The summed E-state index contributed by atoms with van der Waals surface area (Å²) in [6, 6.07) is 8.05. The van der Waals surface area contributed by atoms with Crippen molar-refractivity contribution in [3.63, 3.8) is 0 Å². The summed E-state index contributed by atoms with van der Waals surface area (Å²) in [5.74, 6) is 1.06. The van der Waals surface area contributed by atoms with Crippen LogP contribution in [-0.4, -0.2) is 28.9 Å². The van der Waals surface area contributed by atoms with Crippen LogP contribution in [0.3, 0.4) is 0 Å². The number of rotatable bonds is 9. The first-order valence-corrected chi connectivity index (χ1v) is 11.1. The summed E-state index contributed by atoms with van der Waals surface area (Å²) in [7, 11) is 0. The number of oxazole rings is 1. The van der Waals surface area contributed by atoms with E-state index < -0.39 is 5.54 Å². The minimum Gasteiger partial charge on any atom is -0.441 e. The Balaban J connectivity index is 1.56. The molecule has 0 bridgehead atoms. The third-order valence-corrected chi connectivity index (χ3v) is 5.79. The molecule has 2 N–H and O–H groups in total. The molecule has 30 heavy (non-hydrogen) atoms. The fraction of sp³-hybridized carbons (Fsp3) is 0.542. The number of nitrogens with one attached hydrogen (secondary N) is 2. The molecule has 162 valence electrons. The van der Waals surface area contributed by atoms with E-state index >= 15 is 0 Å². The van der Waals surface area contributed by atoms with E-state index in [1.165, 1.54) is 5.56 Å². The molecule has 0 radical (unpaired) electrons. The Kier molecular flexibility index (Phi) is 7.66. The zero-order valence-electron chi connectivity index (χ0n) is 18.1. The van der Waals surface area contributed by atoms with Gasteiger partial charge in [-0.15, -0.1) is 0 Å². The number of amides is 2. The lowest BCUT2D eigenvalue weighted by atomic mass is 9.80. The predicted octanol–water partition coefficient (Wildman–Crippen LogP) is 4.32. The fourth-order valence-electron chi connectivity index (χ4n) is 3.94. The molecule has 1 aliphatic carbocycles. The molecular weight excluding hydrogens is 378 g/mol. The van der Waals surface area contributed by atoms with Gasteiger partial charge in [-0.25, -0.2) is 4.98 Å². The van der Waals surface area contributed by atoms with E-state index in [-0.39, 0.29) is 18.2 Å². The molecule has 0 unspecified atom stereocenters. The summed E-state index contributed by atoms with van der Waals surface area (Å²) < 4.78 is 5.82. The molecule has 0 atom stereocenters. The molecule has 6 heteroatoms. The number of benzene rings is 1. The SMILES string of the molecule is CCCCNC(=O)C1(NC(=O)CCc2ncc(-c3ccc(C)cc3)o2)CCCCC1. The number of unbranched alkanes of at least 4 members (excludes halogenated alkanes) is 1. The minimum absolute atomic E-state index is 0.0400. The van der Waals surface area contributed by atoms with Crippen molar-refractivity contribution in [3.8, 4) is 11.3 Å². The highest BCUT2D eigenvalue weighted by Crippen LogP contribution is 2.29. The molecular formula is C24H33N3O3. The van der Waals surface area contributed by atoms with E-state index in [9.17, 15) is 9.59 Å². The van der Waals surface area contributed by atoms with Crippen molar-refractivity contribution in [2.24, 2.45) is 0 Å². The highest BCUT2D eigenvalue weighted by atomic mass is 16.4. The molecule has 2 aromatic rings. The maximum atomic E-state index is 12.8. The van der Waals surface area contributed by atoms with Crippen molar-refractivity contribution >= 4 is 11.8 Å². The van der Waals surface area contributed by atoms with Gasteiger partial charge in [0.15, 0.2) is 11.7 Å². The lowest BCUT2D eigenvalue weighted by Crippen LogP contribution is -2.59. The molecule has 3 rings (SSSR count). The van der Waals surface area contributed by atoms with Gasteiger partial charge in [0, 0.05) is 24.9 Å². The number of aromatic nitrogens is 1. The number of hydrogen-bond acceptors (Lipinski definition) is 4. The smallest absolute Gasteiger partial charge is 0.245 e. The van der Waals surface area contributed by atoms with Crippen LogP contribution in [0.1, 0.15) is 69.7 Å². The second-order valence-corrected chi connectivity index (χ2v) is 8.28. The number of aryl methyl sites for hydroxylation is 2. The molecule has 1 aliphatic rings. The van der Waals surface area contributed by atoms with E-state index in [2.05, 4.69) is 22.5 Å². The van der Waals surface area contributed by atoms with E-state index in [0.29, 0.717) is 37.5 Å². The van der Waals surface area contributed by atoms with Crippen molar-refractivity contribution in [2.45, 2.75) is 77.2 Å². The third kappa shape index (κ3) is 5.71. The summed E-state index contributed by atoms with van der Waals surface area (Å²) in [4.78, 5) is 29.8. The van der Waals surface area contributed by atoms with Crippen LogP contribution in [0.2, 0.25) is 0 Å². The molecule has 0 aliphatic heterocycles. The highest BCUT2D eigenvalue weighted by Gasteiger charge is 2.40. The zero-order chi connectivity index (χ0) is 21.4.